The third-order valence-corrected chi connectivity index (χ3v) is 3.58. The Balaban J connectivity index is 1.85. The fourth-order valence-electron chi connectivity index (χ4n) is 1.72. The van der Waals surface area contributed by atoms with E-state index >= 15 is 0 Å². The molecule has 0 bridgehead atoms. The highest BCUT2D eigenvalue weighted by atomic mass is 32.2. The molecule has 0 radical (unpaired) electrons. The maximum Gasteiger partial charge on any atom is 0.0834 e. The molecule has 3 N–H and O–H groups in total. The molecular weight excluding hydrogens is 172 g/mol. The van der Waals surface area contributed by atoms with Gasteiger partial charge in [0.05, 0.1) is 18.8 Å². The molecule has 2 unspecified atom stereocenters. The van der Waals surface area contributed by atoms with E-state index in [1.165, 1.54) is 12.8 Å². The standard InChI is InChI=1S/C8H16N2OS/c9-10-8(6-1-2-6)7-5-12-4-3-11-7/h6-8,10H,1-5,9H2. The highest BCUT2D eigenvalue weighted by molar-refractivity contribution is 7.99. The normalized spacial score (nSPS) is 33.2. The monoisotopic (exact) mass is 188 g/mol. The molecule has 70 valence electrons. The van der Waals surface area contributed by atoms with E-state index in [2.05, 4.69) is 5.43 Å². The van der Waals surface area contributed by atoms with E-state index in [1.807, 2.05) is 11.8 Å². The average molecular weight is 188 g/mol. The molecular formula is C8H16N2OS. The third-order valence-electron chi connectivity index (χ3n) is 2.56. The number of nitrogens with one attached hydrogen (secondary N) is 1. The zero-order valence-electron chi connectivity index (χ0n) is 7.16. The first-order valence-electron chi connectivity index (χ1n) is 4.57. The molecule has 0 spiro atoms. The zero-order chi connectivity index (χ0) is 8.39. The number of nitrogens with two attached hydrogens (primary N) is 1. The Labute approximate surface area is 77.4 Å². The van der Waals surface area contributed by atoms with Crippen molar-refractivity contribution >= 4 is 11.8 Å². The number of thioether (sulfide) groups is 1. The van der Waals surface area contributed by atoms with Crippen molar-refractivity contribution in [1.82, 2.24) is 5.43 Å². The van der Waals surface area contributed by atoms with Crippen LogP contribution in [0.2, 0.25) is 0 Å². The quantitative estimate of drug-likeness (QED) is 0.496. The van der Waals surface area contributed by atoms with Gasteiger partial charge in [0.15, 0.2) is 0 Å². The molecule has 2 fully saturated rings. The lowest BCUT2D eigenvalue weighted by atomic mass is 10.1. The van der Waals surface area contributed by atoms with Crippen molar-refractivity contribution in [3.8, 4) is 0 Å². The number of hydrazine groups is 1. The molecule has 1 aliphatic heterocycles. The third kappa shape index (κ3) is 1.93. The van der Waals surface area contributed by atoms with E-state index in [0.717, 1.165) is 24.0 Å². The van der Waals surface area contributed by atoms with Crippen LogP contribution >= 0.6 is 11.8 Å². The second-order valence-electron chi connectivity index (χ2n) is 3.51. The predicted octanol–water partition coefficient (Wildman–Crippen LogP) is 0.360. The molecule has 0 aromatic rings. The first kappa shape index (κ1) is 8.81. The number of hydrogen-bond acceptors (Lipinski definition) is 4. The van der Waals surface area contributed by atoms with Gasteiger partial charge in [-0.3, -0.25) is 11.3 Å². The SMILES string of the molecule is NNC(C1CC1)C1CSCCO1. The van der Waals surface area contributed by atoms with E-state index in [-0.39, 0.29) is 0 Å². The molecule has 4 heteroatoms. The Bertz CT molecular complexity index is 146. The van der Waals surface area contributed by atoms with Gasteiger partial charge in [0.1, 0.15) is 0 Å². The lowest BCUT2D eigenvalue weighted by molar-refractivity contribution is 0.0411. The lowest BCUT2D eigenvalue weighted by Gasteiger charge is -2.29. The summed E-state index contributed by atoms with van der Waals surface area (Å²) in [5.74, 6) is 8.52. The predicted molar refractivity (Wildman–Crippen MR) is 50.9 cm³/mol. The molecule has 1 saturated heterocycles. The summed E-state index contributed by atoms with van der Waals surface area (Å²) in [7, 11) is 0. The van der Waals surface area contributed by atoms with Crippen LogP contribution in [0.1, 0.15) is 12.8 Å². The van der Waals surface area contributed by atoms with Gasteiger partial charge < -0.3 is 4.74 Å². The highest BCUT2D eigenvalue weighted by Gasteiger charge is 2.37. The van der Waals surface area contributed by atoms with Gasteiger partial charge in [-0.05, 0) is 18.8 Å². The van der Waals surface area contributed by atoms with E-state index in [1.54, 1.807) is 0 Å². The number of rotatable bonds is 3. The highest BCUT2D eigenvalue weighted by Crippen LogP contribution is 2.35. The van der Waals surface area contributed by atoms with Gasteiger partial charge >= 0.3 is 0 Å². The van der Waals surface area contributed by atoms with E-state index < -0.39 is 0 Å². The van der Waals surface area contributed by atoms with Crippen LogP contribution < -0.4 is 11.3 Å². The second kappa shape index (κ2) is 3.96. The molecule has 1 aliphatic carbocycles. The van der Waals surface area contributed by atoms with Gasteiger partial charge in [-0.2, -0.15) is 11.8 Å². The van der Waals surface area contributed by atoms with Gasteiger partial charge in [-0.15, -0.1) is 0 Å². The molecule has 2 atom stereocenters. The van der Waals surface area contributed by atoms with Crippen LogP contribution in [0.4, 0.5) is 0 Å². The van der Waals surface area contributed by atoms with Crippen LogP contribution in [0.25, 0.3) is 0 Å². The fourth-order valence-corrected chi connectivity index (χ4v) is 2.63. The van der Waals surface area contributed by atoms with Crippen LogP contribution in [0.15, 0.2) is 0 Å². The molecule has 0 aromatic carbocycles. The van der Waals surface area contributed by atoms with E-state index in [4.69, 9.17) is 10.6 Å². The Kier molecular flexibility index (Phi) is 2.91. The van der Waals surface area contributed by atoms with Crippen LogP contribution in [-0.4, -0.2) is 30.3 Å². The molecule has 12 heavy (non-hydrogen) atoms. The largest absolute Gasteiger partial charge is 0.375 e. The van der Waals surface area contributed by atoms with Crippen molar-refractivity contribution in [2.24, 2.45) is 11.8 Å². The minimum atomic E-state index is 0.348. The Morgan fingerprint density at radius 3 is 2.83 bits per heavy atom. The molecule has 3 nitrogen and oxygen atoms in total. The van der Waals surface area contributed by atoms with Crippen LogP contribution in [0, 0.1) is 5.92 Å². The van der Waals surface area contributed by atoms with Crippen LogP contribution in [-0.2, 0) is 4.74 Å². The molecule has 2 rings (SSSR count). The molecule has 1 saturated carbocycles. The van der Waals surface area contributed by atoms with Crippen molar-refractivity contribution < 1.29 is 4.74 Å². The Morgan fingerprint density at radius 2 is 2.33 bits per heavy atom. The number of ether oxygens (including phenoxy) is 1. The smallest absolute Gasteiger partial charge is 0.0834 e. The van der Waals surface area contributed by atoms with Crippen molar-refractivity contribution in [2.45, 2.75) is 25.0 Å². The van der Waals surface area contributed by atoms with Crippen molar-refractivity contribution in [3.05, 3.63) is 0 Å². The molecule has 0 aromatic heterocycles. The van der Waals surface area contributed by atoms with Gasteiger partial charge in [-0.1, -0.05) is 0 Å². The summed E-state index contributed by atoms with van der Waals surface area (Å²) in [6.07, 6.45) is 2.99. The van der Waals surface area contributed by atoms with E-state index in [0.29, 0.717) is 12.1 Å². The number of hydrogen-bond donors (Lipinski definition) is 2. The fraction of sp³-hybridized carbons (Fsp3) is 1.00. The summed E-state index contributed by atoms with van der Waals surface area (Å²) < 4.78 is 5.67. The van der Waals surface area contributed by atoms with Crippen LogP contribution in [0.3, 0.4) is 0 Å². The topological polar surface area (TPSA) is 47.3 Å². The summed E-state index contributed by atoms with van der Waals surface area (Å²) >= 11 is 1.97. The summed E-state index contributed by atoms with van der Waals surface area (Å²) in [6.45, 7) is 0.889. The average Bonchev–Trinajstić information content (AvgIpc) is 2.92. The van der Waals surface area contributed by atoms with Gasteiger partial charge in [-0.25, -0.2) is 0 Å². The van der Waals surface area contributed by atoms with Crippen molar-refractivity contribution in [2.75, 3.05) is 18.1 Å². The first-order valence-corrected chi connectivity index (χ1v) is 5.73. The molecule has 0 amide bonds. The summed E-state index contributed by atoms with van der Waals surface area (Å²) in [6, 6.07) is 0.401. The Hall–Kier alpha value is 0.230. The first-order chi connectivity index (χ1) is 5.92. The van der Waals surface area contributed by atoms with Crippen molar-refractivity contribution in [3.63, 3.8) is 0 Å². The molecule has 1 heterocycles. The summed E-state index contributed by atoms with van der Waals surface area (Å²) in [4.78, 5) is 0. The van der Waals surface area contributed by atoms with E-state index in [9.17, 15) is 0 Å². The van der Waals surface area contributed by atoms with Gasteiger partial charge in [0.25, 0.3) is 0 Å². The summed E-state index contributed by atoms with van der Waals surface area (Å²) in [5.41, 5.74) is 2.90. The van der Waals surface area contributed by atoms with Gasteiger partial charge in [0.2, 0.25) is 0 Å². The van der Waals surface area contributed by atoms with Gasteiger partial charge in [0, 0.05) is 11.5 Å². The minimum absolute atomic E-state index is 0.348. The second-order valence-corrected chi connectivity index (χ2v) is 4.66. The summed E-state index contributed by atoms with van der Waals surface area (Å²) in [5, 5.41) is 0. The van der Waals surface area contributed by atoms with Crippen molar-refractivity contribution in [1.29, 1.82) is 0 Å². The molecule has 2 aliphatic rings. The van der Waals surface area contributed by atoms with Crippen LogP contribution in [0.5, 0.6) is 0 Å². The maximum atomic E-state index is 5.67. The lowest BCUT2D eigenvalue weighted by Crippen LogP contribution is -2.49. The minimum Gasteiger partial charge on any atom is -0.375 e. The maximum absolute atomic E-state index is 5.67. The zero-order valence-corrected chi connectivity index (χ0v) is 7.98. The Morgan fingerprint density at radius 1 is 1.50 bits per heavy atom.